The van der Waals surface area contributed by atoms with Crippen LogP contribution in [0.5, 0.6) is 0 Å². The molecule has 0 saturated carbocycles. The fourth-order valence-electron chi connectivity index (χ4n) is 1.07. The van der Waals surface area contributed by atoms with Gasteiger partial charge in [-0.25, -0.2) is 4.98 Å². The first-order chi connectivity index (χ1) is 5.83. The topological polar surface area (TPSA) is 41.1 Å². The highest BCUT2D eigenvalue weighted by Gasteiger charge is 2.06. The monoisotopic (exact) mass is 221 g/mol. The number of halogens is 1. The molecule has 0 aromatic carbocycles. The first-order valence-electron chi connectivity index (χ1n) is 3.35. The lowest BCUT2D eigenvalue weighted by atomic mass is 10.4. The van der Waals surface area contributed by atoms with Crippen LogP contribution in [-0.4, -0.2) is 9.38 Å². The van der Waals surface area contributed by atoms with E-state index in [4.69, 9.17) is 5.26 Å². The molecule has 0 radical (unpaired) electrons. The molecule has 2 aromatic heterocycles. The molecule has 2 aromatic rings. The molecule has 2 heterocycles. The Morgan fingerprint density at radius 3 is 3.08 bits per heavy atom. The fourth-order valence-corrected chi connectivity index (χ4v) is 1.53. The van der Waals surface area contributed by atoms with Gasteiger partial charge in [0, 0.05) is 6.20 Å². The van der Waals surface area contributed by atoms with Crippen molar-refractivity contribution in [2.45, 2.75) is 0 Å². The van der Waals surface area contributed by atoms with Crippen LogP contribution in [-0.2, 0) is 0 Å². The zero-order chi connectivity index (χ0) is 8.55. The van der Waals surface area contributed by atoms with Crippen molar-refractivity contribution in [3.63, 3.8) is 0 Å². The summed E-state index contributed by atoms with van der Waals surface area (Å²) in [7, 11) is 0. The summed E-state index contributed by atoms with van der Waals surface area (Å²) in [5.41, 5.74) is 1.31. The molecule has 0 aliphatic rings. The van der Waals surface area contributed by atoms with E-state index in [1.165, 1.54) is 0 Å². The van der Waals surface area contributed by atoms with Crippen LogP contribution < -0.4 is 0 Å². The summed E-state index contributed by atoms with van der Waals surface area (Å²) in [6.45, 7) is 0. The molecule has 4 heteroatoms. The average Bonchev–Trinajstić information content (AvgIpc) is 2.40. The van der Waals surface area contributed by atoms with Gasteiger partial charge in [0.1, 0.15) is 16.3 Å². The van der Waals surface area contributed by atoms with Crippen molar-refractivity contribution in [2.24, 2.45) is 0 Å². The smallest absolute Gasteiger partial charge is 0.159 e. The number of imidazole rings is 1. The second kappa shape index (κ2) is 2.61. The van der Waals surface area contributed by atoms with Crippen LogP contribution >= 0.6 is 15.9 Å². The zero-order valence-electron chi connectivity index (χ0n) is 6.03. The maximum atomic E-state index is 8.76. The first kappa shape index (κ1) is 7.32. The third-order valence-corrected chi connectivity index (χ3v) is 2.15. The molecule has 12 heavy (non-hydrogen) atoms. The van der Waals surface area contributed by atoms with E-state index in [2.05, 4.69) is 27.0 Å². The third-order valence-electron chi connectivity index (χ3n) is 1.59. The van der Waals surface area contributed by atoms with Crippen LogP contribution in [0, 0.1) is 11.3 Å². The molecule has 3 nitrogen and oxygen atoms in total. The van der Waals surface area contributed by atoms with Crippen LogP contribution in [0.2, 0.25) is 0 Å². The second-order valence-electron chi connectivity index (χ2n) is 2.29. The molecule has 0 aliphatic heterocycles. The molecule has 0 aliphatic carbocycles. The molecule has 0 saturated heterocycles. The minimum Gasteiger partial charge on any atom is -0.290 e. The minimum absolute atomic E-state index is 0.533. The highest BCUT2D eigenvalue weighted by atomic mass is 79.9. The zero-order valence-corrected chi connectivity index (χ0v) is 7.62. The predicted octanol–water partition coefficient (Wildman–Crippen LogP) is 1.97. The molecule has 0 atom stereocenters. The van der Waals surface area contributed by atoms with Crippen LogP contribution in [0.25, 0.3) is 5.65 Å². The lowest BCUT2D eigenvalue weighted by Gasteiger charge is -1.90. The highest BCUT2D eigenvalue weighted by Crippen LogP contribution is 2.16. The maximum absolute atomic E-state index is 8.76. The van der Waals surface area contributed by atoms with Crippen LogP contribution in [0.4, 0.5) is 0 Å². The second-order valence-corrected chi connectivity index (χ2v) is 3.04. The van der Waals surface area contributed by atoms with E-state index in [0.717, 1.165) is 5.65 Å². The van der Waals surface area contributed by atoms with Crippen molar-refractivity contribution < 1.29 is 0 Å². The molecular formula is C8H4BrN3. The van der Waals surface area contributed by atoms with Crippen molar-refractivity contribution >= 4 is 21.6 Å². The number of nitriles is 1. The van der Waals surface area contributed by atoms with Crippen molar-refractivity contribution in [3.8, 4) is 6.07 Å². The summed E-state index contributed by atoms with van der Waals surface area (Å²) in [6, 6.07) is 7.67. The van der Waals surface area contributed by atoms with Crippen LogP contribution in [0.15, 0.2) is 29.0 Å². The average molecular weight is 222 g/mol. The number of pyridine rings is 1. The third kappa shape index (κ3) is 0.908. The Morgan fingerprint density at radius 1 is 1.50 bits per heavy atom. The lowest BCUT2D eigenvalue weighted by molar-refractivity contribution is 1.15. The molecule has 2 rings (SSSR count). The molecule has 0 amide bonds. The van der Waals surface area contributed by atoms with Gasteiger partial charge < -0.3 is 0 Å². The van der Waals surface area contributed by atoms with Gasteiger partial charge in [-0.3, -0.25) is 4.40 Å². The van der Waals surface area contributed by atoms with Crippen LogP contribution in [0.3, 0.4) is 0 Å². The molecule has 0 spiro atoms. The van der Waals surface area contributed by atoms with Gasteiger partial charge in [-0.1, -0.05) is 6.07 Å². The van der Waals surface area contributed by atoms with E-state index in [0.29, 0.717) is 10.3 Å². The van der Waals surface area contributed by atoms with Crippen molar-refractivity contribution in [1.82, 2.24) is 9.38 Å². The molecule has 0 N–H and O–H groups in total. The van der Waals surface area contributed by atoms with E-state index in [1.54, 1.807) is 4.40 Å². The normalized spacial score (nSPS) is 10.0. The van der Waals surface area contributed by atoms with E-state index >= 15 is 0 Å². The van der Waals surface area contributed by atoms with Crippen LogP contribution in [0.1, 0.15) is 5.69 Å². The number of aromatic nitrogens is 2. The SMILES string of the molecule is N#Cc1c(Br)nc2ccccn12. The lowest BCUT2D eigenvalue weighted by Crippen LogP contribution is -1.85. The fraction of sp³-hybridized carbons (Fsp3) is 0. The van der Waals surface area contributed by atoms with Gasteiger partial charge in [0.15, 0.2) is 5.69 Å². The van der Waals surface area contributed by atoms with Gasteiger partial charge in [-0.15, -0.1) is 0 Å². The summed E-state index contributed by atoms with van der Waals surface area (Å²) >= 11 is 3.22. The number of rotatable bonds is 0. The Labute approximate surface area is 77.4 Å². The number of hydrogen-bond donors (Lipinski definition) is 0. The summed E-state index contributed by atoms with van der Waals surface area (Å²) in [4.78, 5) is 4.14. The van der Waals surface area contributed by atoms with Gasteiger partial charge in [0.25, 0.3) is 0 Å². The van der Waals surface area contributed by atoms with Crippen molar-refractivity contribution in [1.29, 1.82) is 5.26 Å². The highest BCUT2D eigenvalue weighted by molar-refractivity contribution is 9.10. The number of nitrogens with zero attached hydrogens (tertiary/aromatic N) is 3. The Hall–Kier alpha value is -1.34. The Kier molecular flexibility index (Phi) is 1.59. The van der Waals surface area contributed by atoms with Gasteiger partial charge in [0.05, 0.1) is 0 Å². The standard InChI is InChI=1S/C8H4BrN3/c9-8-6(5-10)12-4-2-1-3-7(12)11-8/h1-4H. The van der Waals surface area contributed by atoms with E-state index in [1.807, 2.05) is 24.4 Å². The Morgan fingerprint density at radius 2 is 2.33 bits per heavy atom. The van der Waals surface area contributed by atoms with Gasteiger partial charge in [0.2, 0.25) is 0 Å². The summed E-state index contributed by atoms with van der Waals surface area (Å²) in [5, 5.41) is 8.76. The van der Waals surface area contributed by atoms with Gasteiger partial charge >= 0.3 is 0 Å². The predicted molar refractivity (Wildman–Crippen MR) is 47.6 cm³/mol. The van der Waals surface area contributed by atoms with Gasteiger partial charge in [-0.2, -0.15) is 5.26 Å². The minimum atomic E-state index is 0.533. The molecule has 0 fully saturated rings. The molecule has 0 bridgehead atoms. The molecular weight excluding hydrogens is 218 g/mol. The maximum Gasteiger partial charge on any atom is 0.159 e. The number of hydrogen-bond acceptors (Lipinski definition) is 2. The molecule has 58 valence electrons. The molecule has 0 unspecified atom stereocenters. The summed E-state index contributed by atoms with van der Waals surface area (Å²) in [5.74, 6) is 0. The van der Waals surface area contributed by atoms with E-state index < -0.39 is 0 Å². The Bertz CT molecular complexity index is 467. The van der Waals surface area contributed by atoms with Crippen molar-refractivity contribution in [2.75, 3.05) is 0 Å². The first-order valence-corrected chi connectivity index (χ1v) is 4.15. The quantitative estimate of drug-likeness (QED) is 0.683. The van der Waals surface area contributed by atoms with E-state index in [-0.39, 0.29) is 0 Å². The summed E-state index contributed by atoms with van der Waals surface area (Å²) in [6.07, 6.45) is 1.81. The van der Waals surface area contributed by atoms with Crippen molar-refractivity contribution in [3.05, 3.63) is 34.7 Å². The Balaban J connectivity index is 2.93. The summed E-state index contributed by atoms with van der Waals surface area (Å²) < 4.78 is 2.33. The largest absolute Gasteiger partial charge is 0.290 e. The number of fused-ring (bicyclic) bond motifs is 1. The van der Waals surface area contributed by atoms with E-state index in [9.17, 15) is 0 Å². The van der Waals surface area contributed by atoms with Gasteiger partial charge in [-0.05, 0) is 28.1 Å².